The van der Waals surface area contributed by atoms with E-state index >= 15 is 0 Å². The minimum absolute atomic E-state index is 0.0295. The van der Waals surface area contributed by atoms with Crippen LogP contribution in [0.15, 0.2) is 0 Å². The van der Waals surface area contributed by atoms with Gasteiger partial charge in [-0.25, -0.2) is 8.42 Å². The lowest BCUT2D eigenvalue weighted by Gasteiger charge is -2.01. The Morgan fingerprint density at radius 2 is 1.67 bits per heavy atom. The second-order valence-corrected chi connectivity index (χ2v) is 7.68. The molecule has 0 aromatic carbocycles. The molecule has 0 aromatic heterocycles. The van der Waals surface area contributed by atoms with Crippen molar-refractivity contribution >= 4 is 28.2 Å². The smallest absolute Gasteiger partial charge is 0.205 e. The predicted molar refractivity (Wildman–Crippen MR) is 45.2 cm³/mol. The summed E-state index contributed by atoms with van der Waals surface area (Å²) in [7, 11) is -2.73. The maximum Gasteiger partial charge on any atom is 0.205 e. The molecule has 1 aliphatic carbocycles. The molecule has 0 saturated heterocycles. The fourth-order valence-electron chi connectivity index (χ4n) is 1.17. The molecule has 0 aliphatic heterocycles. The van der Waals surface area contributed by atoms with Gasteiger partial charge in [0.25, 0.3) is 0 Å². The van der Waals surface area contributed by atoms with Gasteiger partial charge >= 0.3 is 0 Å². The first kappa shape index (κ1) is 7.78. The van der Waals surface area contributed by atoms with Crippen molar-refractivity contribution < 1.29 is 8.42 Å². The van der Waals surface area contributed by atoms with Crippen molar-refractivity contribution in [1.29, 1.82) is 0 Å². The van der Waals surface area contributed by atoms with Gasteiger partial charge in [0.15, 0.2) is 0 Å². The van der Waals surface area contributed by atoms with E-state index in [0.29, 0.717) is 0 Å². The van der Waals surface area contributed by atoms with E-state index in [1.807, 2.05) is 0 Å². The summed E-state index contributed by atoms with van der Waals surface area (Å²) in [5.74, 6) is 0. The molecule has 4 heteroatoms. The van der Waals surface area contributed by atoms with Gasteiger partial charge in [-0.05, 0) is 12.8 Å². The first-order chi connectivity index (χ1) is 4.11. The lowest BCUT2D eigenvalue weighted by molar-refractivity contribution is 0.597. The van der Waals surface area contributed by atoms with Crippen LogP contribution >= 0.6 is 21.2 Å². The normalized spacial score (nSPS) is 22.8. The summed E-state index contributed by atoms with van der Waals surface area (Å²) >= 11 is 1.55. The van der Waals surface area contributed by atoms with Crippen LogP contribution in [0.2, 0.25) is 0 Å². The van der Waals surface area contributed by atoms with E-state index in [4.69, 9.17) is 0 Å². The molecule has 0 spiro atoms. The van der Waals surface area contributed by atoms with E-state index in [-0.39, 0.29) is 5.25 Å². The van der Waals surface area contributed by atoms with Gasteiger partial charge in [0.05, 0.1) is 26.5 Å². The van der Waals surface area contributed by atoms with Crippen molar-refractivity contribution in [3.63, 3.8) is 0 Å². The molecule has 0 amide bonds. The lowest BCUT2D eigenvalue weighted by atomic mass is 10.4. The molecule has 54 valence electrons. The molecule has 2 nitrogen and oxygen atoms in total. The van der Waals surface area contributed by atoms with Crippen molar-refractivity contribution in [2.45, 2.75) is 30.9 Å². The van der Waals surface area contributed by atoms with Crippen molar-refractivity contribution in [3.05, 3.63) is 0 Å². The molecule has 0 N–H and O–H groups in total. The van der Waals surface area contributed by atoms with Crippen LogP contribution in [0.5, 0.6) is 0 Å². The number of rotatable bonds is 1. The maximum absolute atomic E-state index is 10.8. The molecule has 0 atom stereocenters. The summed E-state index contributed by atoms with van der Waals surface area (Å²) in [5, 5.41) is -0.0295. The largest absolute Gasteiger partial charge is 0.218 e. The van der Waals surface area contributed by atoms with E-state index in [0.717, 1.165) is 25.7 Å². The Kier molecular flexibility index (Phi) is 2.37. The van der Waals surface area contributed by atoms with Gasteiger partial charge < -0.3 is 0 Å². The fourth-order valence-corrected chi connectivity index (χ4v) is 3.59. The molecular formula is C5H9IO2S. The average Bonchev–Trinajstić information content (AvgIpc) is 2.08. The molecule has 0 heterocycles. The summed E-state index contributed by atoms with van der Waals surface area (Å²) < 4.78 is 21.6. The van der Waals surface area contributed by atoms with Gasteiger partial charge in [0.2, 0.25) is 7.01 Å². The van der Waals surface area contributed by atoms with Crippen LogP contribution in [-0.2, 0) is 7.01 Å². The Hall–Kier alpha value is 0.680. The first-order valence-electron chi connectivity index (χ1n) is 3.04. The highest BCUT2D eigenvalue weighted by Gasteiger charge is 2.25. The Morgan fingerprint density at radius 3 is 1.89 bits per heavy atom. The summed E-state index contributed by atoms with van der Waals surface area (Å²) in [6.45, 7) is 0. The minimum Gasteiger partial charge on any atom is -0.218 e. The number of hydrogen-bond donors (Lipinski definition) is 0. The van der Waals surface area contributed by atoms with Gasteiger partial charge in [-0.15, -0.1) is 0 Å². The van der Waals surface area contributed by atoms with Crippen molar-refractivity contribution in [1.82, 2.24) is 0 Å². The Balaban J connectivity index is 2.63. The van der Waals surface area contributed by atoms with E-state index in [1.54, 1.807) is 21.2 Å². The zero-order chi connectivity index (χ0) is 6.91. The zero-order valence-corrected chi connectivity index (χ0v) is 7.98. The van der Waals surface area contributed by atoms with Gasteiger partial charge in [-0.3, -0.25) is 0 Å². The summed E-state index contributed by atoms with van der Waals surface area (Å²) in [6, 6.07) is 0. The van der Waals surface area contributed by atoms with Crippen LogP contribution in [0.4, 0.5) is 0 Å². The average molecular weight is 260 g/mol. The highest BCUT2D eigenvalue weighted by atomic mass is 127. The van der Waals surface area contributed by atoms with E-state index < -0.39 is 7.01 Å². The van der Waals surface area contributed by atoms with Crippen molar-refractivity contribution in [3.8, 4) is 0 Å². The molecular weight excluding hydrogens is 251 g/mol. The third-order valence-electron chi connectivity index (χ3n) is 1.70. The Labute approximate surface area is 67.5 Å². The summed E-state index contributed by atoms with van der Waals surface area (Å²) in [5.41, 5.74) is 0. The SMILES string of the molecule is O=S(=O)(I)C1CCCC1. The van der Waals surface area contributed by atoms with E-state index in [1.165, 1.54) is 0 Å². The second-order valence-electron chi connectivity index (χ2n) is 2.38. The highest BCUT2D eigenvalue weighted by molar-refractivity contribution is 14.2. The quantitative estimate of drug-likeness (QED) is 0.531. The minimum atomic E-state index is -2.73. The topological polar surface area (TPSA) is 34.1 Å². The van der Waals surface area contributed by atoms with Crippen LogP contribution in [0.25, 0.3) is 0 Å². The molecule has 0 bridgehead atoms. The molecule has 9 heavy (non-hydrogen) atoms. The summed E-state index contributed by atoms with van der Waals surface area (Å²) in [6.07, 6.45) is 3.94. The molecule has 0 radical (unpaired) electrons. The fraction of sp³-hybridized carbons (Fsp3) is 1.00. The molecule has 0 aromatic rings. The van der Waals surface area contributed by atoms with Crippen LogP contribution in [0, 0.1) is 0 Å². The third-order valence-corrected chi connectivity index (χ3v) is 5.13. The number of halogens is 1. The summed E-state index contributed by atoms with van der Waals surface area (Å²) in [4.78, 5) is 0. The first-order valence-corrected chi connectivity index (χ1v) is 7.13. The third kappa shape index (κ3) is 2.07. The van der Waals surface area contributed by atoms with E-state index in [9.17, 15) is 8.42 Å². The van der Waals surface area contributed by atoms with Crippen LogP contribution in [-0.4, -0.2) is 13.7 Å². The monoisotopic (exact) mass is 260 g/mol. The standard InChI is InChI=1S/C5H9IO2S/c6-9(7,8)5-3-1-2-4-5/h5H,1-4H2. The molecule has 1 rings (SSSR count). The lowest BCUT2D eigenvalue weighted by Crippen LogP contribution is -2.09. The Morgan fingerprint density at radius 1 is 1.22 bits per heavy atom. The van der Waals surface area contributed by atoms with Crippen molar-refractivity contribution in [2.24, 2.45) is 0 Å². The zero-order valence-electron chi connectivity index (χ0n) is 5.01. The van der Waals surface area contributed by atoms with Crippen molar-refractivity contribution in [2.75, 3.05) is 0 Å². The van der Waals surface area contributed by atoms with Gasteiger partial charge in [0.1, 0.15) is 0 Å². The van der Waals surface area contributed by atoms with E-state index in [2.05, 4.69) is 0 Å². The Bertz CT molecular complexity index is 179. The van der Waals surface area contributed by atoms with Gasteiger partial charge in [-0.1, -0.05) is 12.8 Å². The predicted octanol–water partition coefficient (Wildman–Crippen LogP) is 1.69. The maximum atomic E-state index is 10.8. The molecule has 1 fully saturated rings. The van der Waals surface area contributed by atoms with Gasteiger partial charge in [0, 0.05) is 0 Å². The highest BCUT2D eigenvalue weighted by Crippen LogP contribution is 2.27. The van der Waals surface area contributed by atoms with Gasteiger partial charge in [-0.2, -0.15) is 0 Å². The molecule has 1 saturated carbocycles. The van der Waals surface area contributed by atoms with Crippen LogP contribution in [0.3, 0.4) is 0 Å². The van der Waals surface area contributed by atoms with Crippen LogP contribution < -0.4 is 0 Å². The second kappa shape index (κ2) is 2.74. The molecule has 1 aliphatic rings. The van der Waals surface area contributed by atoms with Crippen LogP contribution in [0.1, 0.15) is 25.7 Å². The molecule has 0 unspecified atom stereocenters. The number of hydrogen-bond acceptors (Lipinski definition) is 2.